The lowest BCUT2D eigenvalue weighted by molar-refractivity contribution is -0.192. The molecule has 0 aliphatic rings. The molecule has 0 unspecified atom stereocenters. The van der Waals surface area contributed by atoms with Crippen LogP contribution in [0.4, 0.5) is 18.0 Å². The molecule has 0 saturated heterocycles. The van der Waals surface area contributed by atoms with Gasteiger partial charge in [0.15, 0.2) is 0 Å². The maximum Gasteiger partial charge on any atom is 0.490 e. The minimum absolute atomic E-state index is 0.220. The molecule has 0 saturated carbocycles. The van der Waals surface area contributed by atoms with E-state index >= 15 is 0 Å². The van der Waals surface area contributed by atoms with Crippen LogP contribution in [0.3, 0.4) is 0 Å². The van der Waals surface area contributed by atoms with E-state index in [1.54, 1.807) is 24.3 Å². The smallest absolute Gasteiger partial charge is 0.490 e. The first kappa shape index (κ1) is 33.0. The average molecular weight is 521 g/mol. The van der Waals surface area contributed by atoms with Gasteiger partial charge in [0.1, 0.15) is 5.75 Å². The lowest BCUT2D eigenvalue weighted by Crippen LogP contribution is -2.48. The first-order chi connectivity index (χ1) is 16.7. The highest BCUT2D eigenvalue weighted by Gasteiger charge is 2.38. The average Bonchev–Trinajstić information content (AvgIpc) is 2.77. The minimum atomic E-state index is -5.08. The summed E-state index contributed by atoms with van der Waals surface area (Å²) < 4.78 is 37.5. The summed E-state index contributed by atoms with van der Waals surface area (Å²) in [4.78, 5) is 33.8. The molecule has 1 rings (SSSR count). The van der Waals surface area contributed by atoms with Gasteiger partial charge >= 0.3 is 18.2 Å². The van der Waals surface area contributed by atoms with Crippen molar-refractivity contribution in [2.24, 2.45) is 0 Å². The van der Waals surface area contributed by atoms with Crippen molar-refractivity contribution in [2.45, 2.75) is 84.4 Å². The fourth-order valence-corrected chi connectivity index (χ4v) is 3.05. The van der Waals surface area contributed by atoms with Gasteiger partial charge < -0.3 is 25.2 Å². The van der Waals surface area contributed by atoms with Crippen LogP contribution >= 0.6 is 0 Å². The number of alkyl halides is 3. The van der Waals surface area contributed by atoms with Crippen molar-refractivity contribution in [1.29, 1.82) is 0 Å². The van der Waals surface area contributed by atoms with Crippen LogP contribution in [0.5, 0.6) is 5.75 Å². The number of halogens is 3. The number of nitrogens with zero attached hydrogens (tertiary/aromatic N) is 1. The first-order valence-corrected chi connectivity index (χ1v) is 12.0. The Labute approximate surface area is 210 Å². The Bertz CT molecular complexity index is 792. The molecule has 0 aromatic heterocycles. The van der Waals surface area contributed by atoms with Gasteiger partial charge in [-0.05, 0) is 51.5 Å². The number of rotatable bonds is 13. The van der Waals surface area contributed by atoms with Crippen molar-refractivity contribution >= 4 is 18.0 Å². The number of amides is 2. The first-order valence-electron chi connectivity index (χ1n) is 12.0. The lowest BCUT2D eigenvalue weighted by Gasteiger charge is -2.33. The van der Waals surface area contributed by atoms with Gasteiger partial charge in [0, 0.05) is 24.2 Å². The number of aliphatic carboxylic acids is 1. The molecule has 1 aromatic rings. The molecule has 0 fully saturated rings. The van der Waals surface area contributed by atoms with Gasteiger partial charge in [0.05, 0.1) is 6.61 Å². The Hall–Kier alpha value is -2.98. The Morgan fingerprint density at radius 2 is 1.42 bits per heavy atom. The summed E-state index contributed by atoms with van der Waals surface area (Å²) in [6.07, 6.45) is 2.64. The largest absolute Gasteiger partial charge is 0.494 e. The Morgan fingerprint density at radius 1 is 0.917 bits per heavy atom. The number of hydrogen-bond donors (Lipinski definition) is 3. The summed E-state index contributed by atoms with van der Waals surface area (Å²) in [5.41, 5.74) is 0.0244. The SMILES string of the molecule is CCCCCCCCCOc1ccc(C(=O)NCCN(C(=O)O)C(C)(C)C)cc1.O=C(O)C(F)(F)F. The van der Waals surface area contributed by atoms with E-state index in [9.17, 15) is 27.9 Å². The minimum Gasteiger partial charge on any atom is -0.494 e. The summed E-state index contributed by atoms with van der Waals surface area (Å²) in [7, 11) is 0. The second-order valence-electron chi connectivity index (χ2n) is 9.16. The molecule has 1 aromatic carbocycles. The number of carboxylic acid groups (broad SMARTS) is 2. The third kappa shape index (κ3) is 15.1. The van der Waals surface area contributed by atoms with Crippen molar-refractivity contribution in [3.05, 3.63) is 29.8 Å². The number of benzene rings is 1. The fourth-order valence-electron chi connectivity index (χ4n) is 3.05. The van der Waals surface area contributed by atoms with Crippen molar-refractivity contribution < 1.29 is 42.5 Å². The molecule has 3 N–H and O–H groups in total. The number of unbranched alkanes of at least 4 members (excludes halogenated alkanes) is 6. The molecular formula is C25H39F3N2O6. The molecule has 0 heterocycles. The van der Waals surface area contributed by atoms with Crippen molar-refractivity contribution in [1.82, 2.24) is 10.2 Å². The van der Waals surface area contributed by atoms with Gasteiger partial charge in [-0.1, -0.05) is 45.4 Å². The number of nitrogens with one attached hydrogen (secondary N) is 1. The molecule has 8 nitrogen and oxygen atoms in total. The molecule has 0 radical (unpaired) electrons. The number of carbonyl (C=O) groups is 3. The van der Waals surface area contributed by atoms with Gasteiger partial charge in [0.2, 0.25) is 0 Å². The molecule has 11 heteroatoms. The highest BCUT2D eigenvalue weighted by molar-refractivity contribution is 5.94. The van der Waals surface area contributed by atoms with Crippen LogP contribution in [0.2, 0.25) is 0 Å². The highest BCUT2D eigenvalue weighted by Crippen LogP contribution is 2.15. The normalized spacial score (nSPS) is 11.2. The second-order valence-corrected chi connectivity index (χ2v) is 9.16. The summed E-state index contributed by atoms with van der Waals surface area (Å²) >= 11 is 0. The van der Waals surface area contributed by atoms with E-state index in [0.717, 1.165) is 12.2 Å². The number of hydrogen-bond acceptors (Lipinski definition) is 4. The quantitative estimate of drug-likeness (QED) is 0.277. The number of carboxylic acids is 1. The molecule has 0 aliphatic heterocycles. The Morgan fingerprint density at radius 3 is 1.86 bits per heavy atom. The second kappa shape index (κ2) is 16.6. The van der Waals surface area contributed by atoms with Gasteiger partial charge in [-0.2, -0.15) is 13.2 Å². The van der Waals surface area contributed by atoms with Crippen LogP contribution in [-0.2, 0) is 4.79 Å². The monoisotopic (exact) mass is 520 g/mol. The maximum atomic E-state index is 12.2. The summed E-state index contributed by atoms with van der Waals surface area (Å²) in [5.74, 6) is -2.22. The predicted molar refractivity (Wildman–Crippen MR) is 130 cm³/mol. The van der Waals surface area contributed by atoms with E-state index in [2.05, 4.69) is 12.2 Å². The lowest BCUT2D eigenvalue weighted by atomic mass is 10.1. The molecule has 0 bridgehead atoms. The molecule has 0 atom stereocenters. The van der Waals surface area contributed by atoms with Gasteiger partial charge in [-0.3, -0.25) is 4.79 Å². The molecule has 36 heavy (non-hydrogen) atoms. The van der Waals surface area contributed by atoms with Crippen LogP contribution in [0.15, 0.2) is 24.3 Å². The molecule has 0 aliphatic carbocycles. The summed E-state index contributed by atoms with van der Waals surface area (Å²) in [6, 6.07) is 7.06. The summed E-state index contributed by atoms with van der Waals surface area (Å²) in [6.45, 7) is 8.90. The van der Waals surface area contributed by atoms with Crippen molar-refractivity contribution in [3.8, 4) is 5.75 Å². The fraction of sp³-hybridized carbons (Fsp3) is 0.640. The maximum absolute atomic E-state index is 12.2. The van der Waals surface area contributed by atoms with E-state index in [1.807, 2.05) is 20.8 Å². The standard InChI is InChI=1S/C23H38N2O4.C2HF3O2/c1-5-6-7-8-9-10-11-18-29-20-14-12-19(13-15-20)21(26)24-16-17-25(22(27)28)23(2,3)4;3-2(4,5)1(6)7/h12-15H,5-11,16-18H2,1-4H3,(H,24,26)(H,27,28);(H,6,7). The molecular weight excluding hydrogens is 481 g/mol. The van der Waals surface area contributed by atoms with Crippen LogP contribution in [0.25, 0.3) is 0 Å². The van der Waals surface area contributed by atoms with Gasteiger partial charge in [-0.15, -0.1) is 0 Å². The third-order valence-corrected chi connectivity index (χ3v) is 5.04. The van der Waals surface area contributed by atoms with E-state index < -0.39 is 23.8 Å². The summed E-state index contributed by atoms with van der Waals surface area (Å²) in [5, 5.41) is 19.2. The zero-order valence-corrected chi connectivity index (χ0v) is 21.5. The van der Waals surface area contributed by atoms with E-state index in [0.29, 0.717) is 12.2 Å². The topological polar surface area (TPSA) is 116 Å². The van der Waals surface area contributed by atoms with Crippen LogP contribution in [-0.4, -0.2) is 64.5 Å². The number of carbonyl (C=O) groups excluding carboxylic acids is 1. The van der Waals surface area contributed by atoms with E-state index in [1.165, 1.54) is 43.4 Å². The van der Waals surface area contributed by atoms with Crippen LogP contribution < -0.4 is 10.1 Å². The highest BCUT2D eigenvalue weighted by atomic mass is 19.4. The molecule has 0 spiro atoms. The van der Waals surface area contributed by atoms with Gasteiger partial charge in [0.25, 0.3) is 5.91 Å². The van der Waals surface area contributed by atoms with Crippen LogP contribution in [0.1, 0.15) is 83.0 Å². The predicted octanol–water partition coefficient (Wildman–Crippen LogP) is 5.96. The Kier molecular flexibility index (Phi) is 15.3. The third-order valence-electron chi connectivity index (χ3n) is 5.04. The van der Waals surface area contributed by atoms with Crippen molar-refractivity contribution in [3.63, 3.8) is 0 Å². The zero-order valence-electron chi connectivity index (χ0n) is 21.5. The number of ether oxygens (including phenoxy) is 1. The molecule has 206 valence electrons. The zero-order chi connectivity index (χ0) is 27.8. The van der Waals surface area contributed by atoms with Crippen LogP contribution in [0, 0.1) is 0 Å². The van der Waals surface area contributed by atoms with E-state index in [4.69, 9.17) is 14.6 Å². The Balaban J connectivity index is 0.00000152. The van der Waals surface area contributed by atoms with E-state index in [-0.39, 0.29) is 19.0 Å². The van der Waals surface area contributed by atoms with Crippen molar-refractivity contribution in [2.75, 3.05) is 19.7 Å². The van der Waals surface area contributed by atoms with Gasteiger partial charge in [-0.25, -0.2) is 9.59 Å². The molecule has 2 amide bonds.